The molecule has 0 unspecified atom stereocenters. The topological polar surface area (TPSA) is 43.8 Å². The van der Waals surface area contributed by atoms with Crippen LogP contribution < -0.4 is 5.73 Å². The Morgan fingerprint density at radius 1 is 1.33 bits per heavy atom. The van der Waals surface area contributed by atoms with Crippen molar-refractivity contribution < 1.29 is 0 Å². The molecule has 0 spiro atoms. The van der Waals surface area contributed by atoms with E-state index >= 15 is 0 Å². The summed E-state index contributed by atoms with van der Waals surface area (Å²) in [6, 6.07) is 5.52. The third-order valence-electron chi connectivity index (χ3n) is 2.01. The zero-order valence-electron chi connectivity index (χ0n) is 7.82. The molecule has 0 aliphatic rings. The van der Waals surface area contributed by atoms with Gasteiger partial charge in [-0.15, -0.1) is 0 Å². The van der Waals surface area contributed by atoms with Crippen molar-refractivity contribution in [1.29, 1.82) is 0 Å². The summed E-state index contributed by atoms with van der Waals surface area (Å²) in [6.07, 6.45) is 3.35. The van der Waals surface area contributed by atoms with E-state index < -0.39 is 0 Å². The highest BCUT2D eigenvalue weighted by molar-refractivity contribution is 6.33. The molecule has 3 nitrogen and oxygen atoms in total. The molecule has 1 aromatic heterocycles. The molecule has 15 heavy (non-hydrogen) atoms. The number of nitrogens with two attached hydrogens (primary N) is 1. The molecule has 0 atom stereocenters. The Morgan fingerprint density at radius 2 is 2.13 bits per heavy atom. The summed E-state index contributed by atoms with van der Waals surface area (Å²) in [7, 11) is 0. The van der Waals surface area contributed by atoms with E-state index in [1.165, 1.54) is 0 Å². The Morgan fingerprint density at radius 3 is 2.73 bits per heavy atom. The molecule has 0 aliphatic heterocycles. The van der Waals surface area contributed by atoms with E-state index in [4.69, 9.17) is 28.9 Å². The van der Waals surface area contributed by atoms with Crippen molar-refractivity contribution in [1.82, 2.24) is 9.78 Å². The molecule has 2 rings (SSSR count). The van der Waals surface area contributed by atoms with Gasteiger partial charge in [0.15, 0.2) is 0 Å². The molecular formula is C10H9Cl2N3. The highest BCUT2D eigenvalue weighted by Crippen LogP contribution is 2.20. The number of hydrogen-bond donors (Lipinski definition) is 1. The van der Waals surface area contributed by atoms with Gasteiger partial charge in [0.05, 0.1) is 28.5 Å². The lowest BCUT2D eigenvalue weighted by molar-refractivity contribution is 0.687. The summed E-state index contributed by atoms with van der Waals surface area (Å²) in [5.74, 6) is 0. The van der Waals surface area contributed by atoms with Crippen molar-refractivity contribution in [3.05, 3.63) is 46.2 Å². The average Bonchev–Trinajstić information content (AvgIpc) is 2.58. The molecular weight excluding hydrogens is 233 g/mol. The monoisotopic (exact) mass is 241 g/mol. The lowest BCUT2D eigenvalue weighted by Crippen LogP contribution is -2.00. The van der Waals surface area contributed by atoms with E-state index in [1.807, 2.05) is 12.1 Å². The second-order valence-corrected chi connectivity index (χ2v) is 4.06. The smallest absolute Gasteiger partial charge is 0.0785 e. The molecule has 0 saturated heterocycles. The van der Waals surface area contributed by atoms with Crippen LogP contribution in [0.25, 0.3) is 0 Å². The Balaban J connectivity index is 2.21. The molecule has 2 N–H and O–H groups in total. The molecule has 5 heteroatoms. The minimum absolute atomic E-state index is 0.567. The van der Waals surface area contributed by atoms with Crippen molar-refractivity contribution in [2.45, 2.75) is 6.54 Å². The Bertz CT molecular complexity index is 479. The number of benzene rings is 1. The van der Waals surface area contributed by atoms with Gasteiger partial charge in [-0.05, 0) is 17.7 Å². The summed E-state index contributed by atoms with van der Waals surface area (Å²) in [5.41, 5.74) is 7.31. The first-order valence-corrected chi connectivity index (χ1v) is 5.12. The SMILES string of the molecule is Nc1cc(Cn2cc(Cl)cn2)ccc1Cl. The fourth-order valence-electron chi connectivity index (χ4n) is 1.30. The maximum absolute atomic E-state index is 5.82. The van der Waals surface area contributed by atoms with Gasteiger partial charge in [0.2, 0.25) is 0 Å². The summed E-state index contributed by atoms with van der Waals surface area (Å²) in [6.45, 7) is 0.633. The third-order valence-corrected chi connectivity index (χ3v) is 2.55. The number of nitrogens with zero attached hydrogens (tertiary/aromatic N) is 2. The van der Waals surface area contributed by atoms with Crippen molar-refractivity contribution in [3.63, 3.8) is 0 Å². The van der Waals surface area contributed by atoms with Crippen LogP contribution in [0.5, 0.6) is 0 Å². The molecule has 0 aliphatic carbocycles. The molecule has 0 saturated carbocycles. The van der Waals surface area contributed by atoms with Crippen LogP contribution in [0.1, 0.15) is 5.56 Å². The third kappa shape index (κ3) is 2.43. The first-order valence-electron chi connectivity index (χ1n) is 4.37. The van der Waals surface area contributed by atoms with Crippen LogP contribution in [0.3, 0.4) is 0 Å². The normalized spacial score (nSPS) is 10.5. The minimum atomic E-state index is 0.567. The highest BCUT2D eigenvalue weighted by atomic mass is 35.5. The number of nitrogen functional groups attached to an aromatic ring is 1. The Kier molecular flexibility index (Phi) is 2.84. The van der Waals surface area contributed by atoms with Crippen molar-refractivity contribution >= 4 is 28.9 Å². The average molecular weight is 242 g/mol. The van der Waals surface area contributed by atoms with Gasteiger partial charge in [-0.3, -0.25) is 4.68 Å². The summed E-state index contributed by atoms with van der Waals surface area (Å²) < 4.78 is 1.74. The van der Waals surface area contributed by atoms with E-state index in [1.54, 1.807) is 23.1 Å². The molecule has 0 bridgehead atoms. The van der Waals surface area contributed by atoms with Crippen LogP contribution in [0, 0.1) is 0 Å². The molecule has 1 heterocycles. The number of aromatic nitrogens is 2. The van der Waals surface area contributed by atoms with E-state index in [0.717, 1.165) is 5.56 Å². The highest BCUT2D eigenvalue weighted by Gasteiger charge is 2.00. The summed E-state index contributed by atoms with van der Waals surface area (Å²) in [4.78, 5) is 0. The molecule has 0 radical (unpaired) electrons. The van der Waals surface area contributed by atoms with Gasteiger partial charge in [0, 0.05) is 6.20 Å². The summed E-state index contributed by atoms with van der Waals surface area (Å²) in [5, 5.41) is 5.26. The Hall–Kier alpha value is -1.19. The van der Waals surface area contributed by atoms with E-state index in [2.05, 4.69) is 5.10 Å². The fourth-order valence-corrected chi connectivity index (χ4v) is 1.58. The number of rotatable bonds is 2. The van der Waals surface area contributed by atoms with Gasteiger partial charge in [-0.2, -0.15) is 5.10 Å². The van der Waals surface area contributed by atoms with Crippen LogP contribution in [0.15, 0.2) is 30.6 Å². The van der Waals surface area contributed by atoms with Crippen LogP contribution in [-0.4, -0.2) is 9.78 Å². The molecule has 0 amide bonds. The quantitative estimate of drug-likeness (QED) is 0.823. The van der Waals surface area contributed by atoms with Crippen LogP contribution in [-0.2, 0) is 6.54 Å². The number of halogens is 2. The first-order chi connectivity index (χ1) is 7.15. The van der Waals surface area contributed by atoms with Crippen molar-refractivity contribution in [2.75, 3.05) is 5.73 Å². The second kappa shape index (κ2) is 4.13. The van der Waals surface area contributed by atoms with Gasteiger partial charge >= 0.3 is 0 Å². The van der Waals surface area contributed by atoms with Crippen molar-refractivity contribution in [2.24, 2.45) is 0 Å². The van der Waals surface area contributed by atoms with Gasteiger partial charge < -0.3 is 5.73 Å². The lowest BCUT2D eigenvalue weighted by Gasteiger charge is -2.04. The fraction of sp³-hybridized carbons (Fsp3) is 0.100. The zero-order valence-corrected chi connectivity index (χ0v) is 9.33. The predicted molar refractivity (Wildman–Crippen MR) is 62.2 cm³/mol. The van der Waals surface area contributed by atoms with E-state index in [9.17, 15) is 0 Å². The maximum atomic E-state index is 5.82. The first kappa shape index (κ1) is 10.3. The maximum Gasteiger partial charge on any atom is 0.0785 e. The van der Waals surface area contributed by atoms with E-state index in [-0.39, 0.29) is 0 Å². The Labute approximate surface area is 97.4 Å². The second-order valence-electron chi connectivity index (χ2n) is 3.21. The minimum Gasteiger partial charge on any atom is -0.398 e. The van der Waals surface area contributed by atoms with E-state index in [0.29, 0.717) is 22.3 Å². The summed E-state index contributed by atoms with van der Waals surface area (Å²) >= 11 is 11.6. The van der Waals surface area contributed by atoms with Gasteiger partial charge in [0.1, 0.15) is 0 Å². The molecule has 2 aromatic rings. The van der Waals surface area contributed by atoms with Crippen LogP contribution in [0.4, 0.5) is 5.69 Å². The van der Waals surface area contributed by atoms with Gasteiger partial charge in [-0.25, -0.2) is 0 Å². The molecule has 0 fully saturated rings. The molecule has 1 aromatic carbocycles. The van der Waals surface area contributed by atoms with Gasteiger partial charge in [0.25, 0.3) is 0 Å². The lowest BCUT2D eigenvalue weighted by atomic mass is 10.2. The van der Waals surface area contributed by atoms with Crippen LogP contribution in [0.2, 0.25) is 10.0 Å². The standard InChI is InChI=1S/C10H9Cl2N3/c11-8-4-14-15(6-8)5-7-1-2-9(12)10(13)3-7/h1-4,6H,5,13H2. The molecule has 78 valence electrons. The van der Waals surface area contributed by atoms with Crippen LogP contribution >= 0.6 is 23.2 Å². The largest absolute Gasteiger partial charge is 0.398 e. The predicted octanol–water partition coefficient (Wildman–Crippen LogP) is 2.82. The zero-order chi connectivity index (χ0) is 10.8. The van der Waals surface area contributed by atoms with Crippen molar-refractivity contribution in [3.8, 4) is 0 Å². The number of anilines is 1. The van der Waals surface area contributed by atoms with Gasteiger partial charge in [-0.1, -0.05) is 29.3 Å². The number of hydrogen-bond acceptors (Lipinski definition) is 2.